The number of aliphatic imine (C=N–C) groups is 1. The lowest BCUT2D eigenvalue weighted by molar-refractivity contribution is 0.184. The third-order valence-electron chi connectivity index (χ3n) is 4.21. The lowest BCUT2D eigenvalue weighted by Gasteiger charge is -2.15. The molecule has 0 aliphatic carbocycles. The number of rotatable bonds is 9. The number of furan rings is 1. The predicted octanol–water partition coefficient (Wildman–Crippen LogP) is 4.01. The molecule has 29 heavy (non-hydrogen) atoms. The van der Waals surface area contributed by atoms with Crippen molar-refractivity contribution in [3.63, 3.8) is 0 Å². The molecule has 0 amide bonds. The minimum atomic E-state index is -0.662. The van der Waals surface area contributed by atoms with Crippen LogP contribution in [0.4, 0.5) is 0 Å². The Morgan fingerprint density at radius 2 is 2.03 bits per heavy atom. The highest BCUT2D eigenvalue weighted by molar-refractivity contribution is 7.16. The van der Waals surface area contributed by atoms with Crippen LogP contribution in [0, 0.1) is 0 Å². The van der Waals surface area contributed by atoms with Crippen LogP contribution < -0.4 is 15.4 Å². The molecular formula is C21H24ClN3O3S. The highest BCUT2D eigenvalue weighted by Gasteiger charge is 2.11. The number of hydrogen-bond acceptors (Lipinski definition) is 5. The van der Waals surface area contributed by atoms with Crippen LogP contribution in [0.25, 0.3) is 0 Å². The average Bonchev–Trinajstić information content (AvgIpc) is 3.41. The lowest BCUT2D eigenvalue weighted by Crippen LogP contribution is -2.40. The first-order valence-corrected chi connectivity index (χ1v) is 10.4. The van der Waals surface area contributed by atoms with Crippen molar-refractivity contribution in [2.75, 3.05) is 20.2 Å². The number of benzene rings is 1. The Hall–Kier alpha value is -2.48. The van der Waals surface area contributed by atoms with Gasteiger partial charge in [0.1, 0.15) is 17.6 Å². The van der Waals surface area contributed by atoms with E-state index in [1.54, 1.807) is 19.4 Å². The van der Waals surface area contributed by atoms with Gasteiger partial charge in [-0.2, -0.15) is 0 Å². The van der Waals surface area contributed by atoms with E-state index in [0.29, 0.717) is 29.9 Å². The van der Waals surface area contributed by atoms with Crippen molar-refractivity contribution in [3.8, 4) is 5.75 Å². The molecule has 8 heteroatoms. The van der Waals surface area contributed by atoms with Gasteiger partial charge < -0.3 is 24.9 Å². The smallest absolute Gasteiger partial charge is 0.191 e. The third kappa shape index (κ3) is 6.81. The van der Waals surface area contributed by atoms with Gasteiger partial charge in [0.25, 0.3) is 0 Å². The summed E-state index contributed by atoms with van der Waals surface area (Å²) in [5.74, 6) is 2.33. The van der Waals surface area contributed by atoms with Crippen molar-refractivity contribution in [2.24, 2.45) is 4.99 Å². The van der Waals surface area contributed by atoms with Gasteiger partial charge in [0, 0.05) is 24.4 Å². The molecule has 0 saturated heterocycles. The maximum atomic E-state index is 10.4. The zero-order valence-corrected chi connectivity index (χ0v) is 17.7. The Bertz CT molecular complexity index is 894. The molecule has 0 aliphatic rings. The van der Waals surface area contributed by atoms with Gasteiger partial charge in [-0.05, 0) is 42.0 Å². The van der Waals surface area contributed by atoms with E-state index >= 15 is 0 Å². The van der Waals surface area contributed by atoms with E-state index in [-0.39, 0.29) is 0 Å². The summed E-state index contributed by atoms with van der Waals surface area (Å²) in [6.07, 6.45) is 1.74. The monoisotopic (exact) mass is 433 g/mol. The first-order chi connectivity index (χ1) is 14.1. The van der Waals surface area contributed by atoms with Crippen molar-refractivity contribution in [2.45, 2.75) is 19.1 Å². The summed E-state index contributed by atoms with van der Waals surface area (Å²) in [4.78, 5) is 5.44. The molecule has 3 rings (SSSR count). The number of ether oxygens (including phenoxy) is 1. The van der Waals surface area contributed by atoms with Gasteiger partial charge in [0.05, 0.1) is 24.3 Å². The van der Waals surface area contributed by atoms with Crippen LogP contribution in [-0.2, 0) is 13.0 Å². The van der Waals surface area contributed by atoms with E-state index in [1.165, 1.54) is 11.3 Å². The molecule has 154 valence electrons. The SMILES string of the molecule is COc1ccc(CN=C(NCCc2ccco2)NCC(O)c2ccc(Cl)s2)cc1. The molecule has 1 atom stereocenters. The predicted molar refractivity (Wildman–Crippen MR) is 117 cm³/mol. The fourth-order valence-corrected chi connectivity index (χ4v) is 3.68. The minimum Gasteiger partial charge on any atom is -0.497 e. The Kier molecular flexibility index (Phi) is 7.98. The van der Waals surface area contributed by atoms with Crippen LogP contribution in [-0.4, -0.2) is 31.3 Å². The van der Waals surface area contributed by atoms with Gasteiger partial charge in [-0.25, -0.2) is 4.99 Å². The molecule has 3 aromatic rings. The Balaban J connectivity index is 1.59. The molecule has 1 unspecified atom stereocenters. The summed E-state index contributed by atoms with van der Waals surface area (Å²) in [7, 11) is 1.64. The second-order valence-corrected chi connectivity index (χ2v) is 8.05. The van der Waals surface area contributed by atoms with E-state index in [4.69, 9.17) is 20.8 Å². The van der Waals surface area contributed by atoms with Gasteiger partial charge in [0.2, 0.25) is 0 Å². The summed E-state index contributed by atoms with van der Waals surface area (Å²) in [6.45, 7) is 1.48. The molecule has 3 N–H and O–H groups in total. The van der Waals surface area contributed by atoms with Gasteiger partial charge in [-0.1, -0.05) is 23.7 Å². The highest BCUT2D eigenvalue weighted by Crippen LogP contribution is 2.26. The molecule has 0 radical (unpaired) electrons. The number of nitrogens with zero attached hydrogens (tertiary/aromatic N) is 1. The van der Waals surface area contributed by atoms with Crippen LogP contribution in [0.1, 0.15) is 22.3 Å². The maximum Gasteiger partial charge on any atom is 0.191 e. The van der Waals surface area contributed by atoms with Crippen molar-refractivity contribution < 1.29 is 14.3 Å². The summed E-state index contributed by atoms with van der Waals surface area (Å²) in [5.41, 5.74) is 1.06. The normalized spacial score (nSPS) is 12.6. The number of halogens is 1. The number of aliphatic hydroxyl groups is 1. The van der Waals surface area contributed by atoms with E-state index < -0.39 is 6.10 Å². The van der Waals surface area contributed by atoms with Crippen LogP contribution >= 0.6 is 22.9 Å². The highest BCUT2D eigenvalue weighted by atomic mass is 35.5. The fourth-order valence-electron chi connectivity index (χ4n) is 2.64. The van der Waals surface area contributed by atoms with Crippen molar-refractivity contribution in [1.82, 2.24) is 10.6 Å². The summed E-state index contributed by atoms with van der Waals surface area (Å²) in [6, 6.07) is 15.2. The molecule has 0 fully saturated rings. The number of hydrogen-bond donors (Lipinski definition) is 3. The molecule has 0 spiro atoms. The van der Waals surface area contributed by atoms with Crippen molar-refractivity contribution in [3.05, 3.63) is 75.3 Å². The molecule has 2 aromatic heterocycles. The van der Waals surface area contributed by atoms with E-state index in [9.17, 15) is 5.11 Å². The summed E-state index contributed by atoms with van der Waals surface area (Å²) < 4.78 is 11.2. The maximum absolute atomic E-state index is 10.4. The zero-order chi connectivity index (χ0) is 20.5. The zero-order valence-electron chi connectivity index (χ0n) is 16.1. The standard InChI is InChI=1S/C21H24ClN3O3S/c1-27-16-6-4-15(5-7-16)13-24-21(23-11-10-17-3-2-12-28-17)25-14-18(26)19-8-9-20(22)29-19/h2-9,12,18,26H,10-11,13-14H2,1H3,(H2,23,24,25). The number of thiophene rings is 1. The van der Waals surface area contributed by atoms with Crippen molar-refractivity contribution in [1.29, 1.82) is 0 Å². The third-order valence-corrected chi connectivity index (χ3v) is 5.54. The quantitative estimate of drug-likeness (QED) is 0.351. The van der Waals surface area contributed by atoms with Crippen LogP contribution in [0.15, 0.2) is 64.2 Å². The Labute approximate surface area is 179 Å². The van der Waals surface area contributed by atoms with Gasteiger partial charge >= 0.3 is 0 Å². The number of aliphatic hydroxyl groups excluding tert-OH is 1. The van der Waals surface area contributed by atoms with Gasteiger partial charge in [0.15, 0.2) is 5.96 Å². The molecule has 0 aliphatic heterocycles. The van der Waals surface area contributed by atoms with Gasteiger partial charge in [-0.15, -0.1) is 11.3 Å². The molecular weight excluding hydrogens is 410 g/mol. The first-order valence-electron chi connectivity index (χ1n) is 9.25. The lowest BCUT2D eigenvalue weighted by atomic mass is 10.2. The molecule has 2 heterocycles. The molecule has 0 saturated carbocycles. The number of nitrogens with one attached hydrogen (secondary N) is 2. The second-order valence-electron chi connectivity index (χ2n) is 6.31. The number of methoxy groups -OCH3 is 1. The van der Waals surface area contributed by atoms with Crippen LogP contribution in [0.3, 0.4) is 0 Å². The number of guanidine groups is 1. The second kappa shape index (κ2) is 10.9. The molecule has 0 bridgehead atoms. The fraction of sp³-hybridized carbons (Fsp3) is 0.286. The van der Waals surface area contributed by atoms with E-state index in [1.807, 2.05) is 42.5 Å². The summed E-state index contributed by atoms with van der Waals surface area (Å²) in [5, 5.41) is 16.9. The minimum absolute atomic E-state index is 0.325. The average molecular weight is 434 g/mol. The molecule has 6 nitrogen and oxygen atoms in total. The molecule has 1 aromatic carbocycles. The van der Waals surface area contributed by atoms with E-state index in [2.05, 4.69) is 15.6 Å². The Morgan fingerprint density at radius 1 is 1.21 bits per heavy atom. The van der Waals surface area contributed by atoms with Crippen molar-refractivity contribution >= 4 is 28.9 Å². The Morgan fingerprint density at radius 3 is 2.69 bits per heavy atom. The van der Waals surface area contributed by atoms with Crippen LogP contribution in [0.5, 0.6) is 5.75 Å². The topological polar surface area (TPSA) is 79.0 Å². The van der Waals surface area contributed by atoms with Gasteiger partial charge in [-0.3, -0.25) is 0 Å². The largest absolute Gasteiger partial charge is 0.497 e. The summed E-state index contributed by atoms with van der Waals surface area (Å²) >= 11 is 7.33. The van der Waals surface area contributed by atoms with E-state index in [0.717, 1.165) is 28.4 Å². The van der Waals surface area contributed by atoms with Crippen LogP contribution in [0.2, 0.25) is 4.34 Å². The first kappa shape index (κ1) is 21.2.